The second kappa shape index (κ2) is 10.2. The minimum absolute atomic E-state index is 0.343. The van der Waals surface area contributed by atoms with Crippen molar-refractivity contribution in [3.05, 3.63) is 31.0 Å². The van der Waals surface area contributed by atoms with Crippen LogP contribution in [-0.4, -0.2) is 39.1 Å². The van der Waals surface area contributed by atoms with Crippen LogP contribution in [0.2, 0.25) is 0 Å². The van der Waals surface area contributed by atoms with Gasteiger partial charge >= 0.3 is 0 Å². The lowest BCUT2D eigenvalue weighted by Crippen LogP contribution is -2.02. The summed E-state index contributed by atoms with van der Waals surface area (Å²) in [5, 5.41) is 11.7. The van der Waals surface area contributed by atoms with E-state index in [-0.39, 0.29) is 0 Å². The van der Waals surface area contributed by atoms with E-state index in [4.69, 9.17) is 5.73 Å². The van der Waals surface area contributed by atoms with Gasteiger partial charge in [0.25, 0.3) is 0 Å². The summed E-state index contributed by atoms with van der Waals surface area (Å²) in [6.45, 7) is 13.6. The van der Waals surface area contributed by atoms with E-state index in [0.29, 0.717) is 23.1 Å². The van der Waals surface area contributed by atoms with Gasteiger partial charge in [0.1, 0.15) is 5.52 Å². The van der Waals surface area contributed by atoms with Gasteiger partial charge in [-0.1, -0.05) is 27.7 Å². The fourth-order valence-electron chi connectivity index (χ4n) is 2.58. The van der Waals surface area contributed by atoms with Crippen LogP contribution in [0.5, 0.6) is 0 Å². The van der Waals surface area contributed by atoms with Crippen LogP contribution in [-0.2, 0) is 13.1 Å². The van der Waals surface area contributed by atoms with Crippen molar-refractivity contribution in [3.63, 3.8) is 0 Å². The fraction of sp³-hybridized carbons (Fsp3) is 0.421. The number of imidazole rings is 1. The molecule has 10 nitrogen and oxygen atoms in total. The predicted octanol–water partition coefficient (Wildman–Crippen LogP) is 3.63. The molecule has 156 valence electrons. The Kier molecular flexibility index (Phi) is 7.70. The minimum atomic E-state index is 0.343. The van der Waals surface area contributed by atoms with Crippen molar-refractivity contribution >= 4 is 28.7 Å². The van der Waals surface area contributed by atoms with Gasteiger partial charge < -0.3 is 11.1 Å². The minimum Gasteiger partial charge on any atom is -0.369 e. The smallest absolute Gasteiger partial charge is 0.229 e. The summed E-state index contributed by atoms with van der Waals surface area (Å²) in [5.74, 6) is 0.795. The molecule has 10 heteroatoms. The number of aryl methyl sites for hydroxylation is 2. The zero-order valence-corrected chi connectivity index (χ0v) is 18.0. The first-order chi connectivity index (χ1) is 14.2. The van der Waals surface area contributed by atoms with Crippen LogP contribution in [0.4, 0.5) is 17.6 Å². The normalized spacial score (nSPS) is 10.1. The number of anilines is 3. The Balaban J connectivity index is 0.000000707. The molecule has 0 fully saturated rings. The number of fused-ring (bicyclic) bond motifs is 1. The van der Waals surface area contributed by atoms with E-state index in [9.17, 15) is 0 Å². The van der Waals surface area contributed by atoms with Crippen molar-refractivity contribution < 1.29 is 0 Å². The number of hydrogen-bond acceptors (Lipinski definition) is 7. The van der Waals surface area contributed by atoms with Gasteiger partial charge in [0, 0.05) is 25.5 Å². The molecule has 0 bridgehead atoms. The molecular weight excluding hydrogens is 368 g/mol. The molecule has 0 saturated heterocycles. The zero-order valence-electron chi connectivity index (χ0n) is 18.0. The summed E-state index contributed by atoms with van der Waals surface area (Å²) in [6.07, 6.45) is 8.91. The highest BCUT2D eigenvalue weighted by molar-refractivity contribution is 5.77. The molecule has 0 radical (unpaired) electrons. The Morgan fingerprint density at radius 1 is 0.897 bits per heavy atom. The predicted molar refractivity (Wildman–Crippen MR) is 116 cm³/mol. The Bertz CT molecular complexity index is 1030. The SMILES string of the molecule is CC.CC.CCn1cc(Nc2ncc3nc(N)n(-c4cnn(CC)c4)c3n2)cn1. The third-order valence-corrected chi connectivity index (χ3v) is 3.84. The van der Waals surface area contributed by atoms with Crippen LogP contribution in [0.25, 0.3) is 16.9 Å². The maximum absolute atomic E-state index is 6.07. The maximum atomic E-state index is 6.07. The van der Waals surface area contributed by atoms with Crippen LogP contribution in [0.1, 0.15) is 41.5 Å². The van der Waals surface area contributed by atoms with Gasteiger partial charge in [-0.3, -0.25) is 13.9 Å². The van der Waals surface area contributed by atoms with Crippen molar-refractivity contribution in [2.75, 3.05) is 11.1 Å². The second-order valence-corrected chi connectivity index (χ2v) is 5.47. The number of hydrogen-bond donors (Lipinski definition) is 2. The highest BCUT2D eigenvalue weighted by Crippen LogP contribution is 2.22. The standard InChI is InChI=1S/C15H18N10.2C2H6/c1-3-23-8-10(5-18-23)20-15-17-7-12-13(22-15)25(14(16)21-12)11-6-19-24(4-2)9-11;2*1-2/h5-9H,3-4H2,1-2H3,(H2,16,21)(H,17,20,22);2*1-2H3. The molecule has 0 aromatic carbocycles. The Labute approximate surface area is 170 Å². The van der Waals surface area contributed by atoms with Gasteiger partial charge in [-0.05, 0) is 13.8 Å². The highest BCUT2D eigenvalue weighted by atomic mass is 15.3. The molecule has 0 atom stereocenters. The molecule has 29 heavy (non-hydrogen) atoms. The van der Waals surface area contributed by atoms with Gasteiger partial charge in [-0.15, -0.1) is 0 Å². The van der Waals surface area contributed by atoms with Gasteiger partial charge in [0.05, 0.1) is 30.0 Å². The third-order valence-electron chi connectivity index (χ3n) is 3.84. The van der Waals surface area contributed by atoms with E-state index >= 15 is 0 Å². The molecular formula is C19H30N10. The summed E-state index contributed by atoms with van der Waals surface area (Å²) in [5.41, 5.74) is 8.94. The maximum Gasteiger partial charge on any atom is 0.229 e. The second-order valence-electron chi connectivity index (χ2n) is 5.47. The quantitative estimate of drug-likeness (QED) is 0.527. The van der Waals surface area contributed by atoms with Crippen molar-refractivity contribution in [1.82, 2.24) is 39.1 Å². The van der Waals surface area contributed by atoms with Gasteiger partial charge in [0.15, 0.2) is 5.65 Å². The summed E-state index contributed by atoms with van der Waals surface area (Å²) >= 11 is 0. The number of rotatable bonds is 5. The fourth-order valence-corrected chi connectivity index (χ4v) is 2.58. The Hall–Kier alpha value is -3.43. The van der Waals surface area contributed by atoms with Crippen LogP contribution < -0.4 is 11.1 Å². The van der Waals surface area contributed by atoms with Gasteiger partial charge in [0.2, 0.25) is 11.9 Å². The van der Waals surface area contributed by atoms with E-state index in [1.165, 1.54) is 0 Å². The van der Waals surface area contributed by atoms with Crippen LogP contribution in [0.15, 0.2) is 31.0 Å². The first-order valence-corrected chi connectivity index (χ1v) is 10.0. The molecule has 0 unspecified atom stereocenters. The number of nitrogens with zero attached hydrogens (tertiary/aromatic N) is 8. The van der Waals surface area contributed by atoms with Crippen molar-refractivity contribution in [1.29, 1.82) is 0 Å². The summed E-state index contributed by atoms with van der Waals surface area (Å²) in [4.78, 5) is 13.2. The van der Waals surface area contributed by atoms with Crippen molar-refractivity contribution in [3.8, 4) is 5.69 Å². The number of nitrogens with one attached hydrogen (secondary N) is 1. The van der Waals surface area contributed by atoms with E-state index < -0.39 is 0 Å². The monoisotopic (exact) mass is 398 g/mol. The van der Waals surface area contributed by atoms with Crippen LogP contribution in [0, 0.1) is 0 Å². The van der Waals surface area contributed by atoms with E-state index in [0.717, 1.165) is 24.5 Å². The molecule has 4 aromatic rings. The molecule has 0 amide bonds. The lowest BCUT2D eigenvalue weighted by Gasteiger charge is -2.04. The zero-order chi connectivity index (χ0) is 21.4. The molecule has 0 aliphatic carbocycles. The number of nitrogen functional groups attached to an aromatic ring is 1. The van der Waals surface area contributed by atoms with Gasteiger partial charge in [-0.2, -0.15) is 15.2 Å². The van der Waals surface area contributed by atoms with Crippen LogP contribution >= 0.6 is 0 Å². The first kappa shape index (κ1) is 21.9. The summed E-state index contributed by atoms with van der Waals surface area (Å²) in [6, 6.07) is 0. The largest absolute Gasteiger partial charge is 0.369 e. The average molecular weight is 399 g/mol. The molecule has 0 spiro atoms. The average Bonchev–Trinajstić information content (AvgIpc) is 3.48. The third kappa shape index (κ3) is 4.71. The Morgan fingerprint density at radius 2 is 1.55 bits per heavy atom. The summed E-state index contributed by atoms with van der Waals surface area (Å²) < 4.78 is 5.40. The van der Waals surface area contributed by atoms with E-state index in [1.54, 1.807) is 23.2 Å². The van der Waals surface area contributed by atoms with Gasteiger partial charge in [-0.25, -0.2) is 9.97 Å². The lowest BCUT2D eigenvalue weighted by atomic mass is 10.5. The highest BCUT2D eigenvalue weighted by Gasteiger charge is 2.14. The molecule has 4 rings (SSSR count). The number of aromatic nitrogens is 8. The molecule has 0 aliphatic rings. The molecule has 0 aliphatic heterocycles. The molecule has 4 heterocycles. The topological polar surface area (TPSA) is 117 Å². The van der Waals surface area contributed by atoms with Crippen LogP contribution in [0.3, 0.4) is 0 Å². The van der Waals surface area contributed by atoms with E-state index in [2.05, 4.69) is 30.5 Å². The molecule has 4 aromatic heterocycles. The Morgan fingerprint density at radius 3 is 2.17 bits per heavy atom. The van der Waals surface area contributed by atoms with E-state index in [1.807, 2.05) is 63.3 Å². The summed E-state index contributed by atoms with van der Waals surface area (Å²) in [7, 11) is 0. The first-order valence-electron chi connectivity index (χ1n) is 10.0. The lowest BCUT2D eigenvalue weighted by molar-refractivity contribution is 0.659. The van der Waals surface area contributed by atoms with Crippen molar-refractivity contribution in [2.24, 2.45) is 0 Å². The molecule has 0 saturated carbocycles. The van der Waals surface area contributed by atoms with Crippen molar-refractivity contribution in [2.45, 2.75) is 54.6 Å². The molecule has 3 N–H and O–H groups in total. The number of nitrogens with two attached hydrogens (primary N) is 1.